The fraction of sp³-hybridized carbons (Fsp3) is 0.267. The number of carbonyl (C=O) groups excluding carboxylic acids is 2. The Morgan fingerprint density at radius 2 is 1.63 bits per heavy atom. The number of hydrogen-bond acceptors (Lipinski definition) is 6. The predicted octanol–water partition coefficient (Wildman–Crippen LogP) is 5.37. The zero-order valence-electron chi connectivity index (χ0n) is 22.2. The van der Waals surface area contributed by atoms with Gasteiger partial charge in [0.15, 0.2) is 10.9 Å². The van der Waals surface area contributed by atoms with Gasteiger partial charge in [0.25, 0.3) is 11.5 Å². The van der Waals surface area contributed by atoms with Gasteiger partial charge in [-0.25, -0.2) is 4.98 Å². The maximum Gasteiger partial charge on any atom is 0.266 e. The minimum atomic E-state index is -0.256. The fourth-order valence-corrected chi connectivity index (χ4v) is 5.01. The van der Waals surface area contributed by atoms with Crippen molar-refractivity contribution in [2.45, 2.75) is 32.9 Å². The molecule has 0 fully saturated rings. The molecule has 0 unspecified atom stereocenters. The second-order valence-corrected chi connectivity index (χ2v) is 10.6. The summed E-state index contributed by atoms with van der Waals surface area (Å²) in [6, 6.07) is 17.7. The number of hydrogen-bond donors (Lipinski definition) is 1. The molecule has 0 aliphatic carbocycles. The van der Waals surface area contributed by atoms with E-state index in [1.165, 1.54) is 11.8 Å². The van der Waals surface area contributed by atoms with Crippen LogP contribution in [0.5, 0.6) is 5.75 Å². The molecule has 1 amide bonds. The van der Waals surface area contributed by atoms with Crippen molar-refractivity contribution in [3.63, 3.8) is 0 Å². The van der Waals surface area contributed by atoms with E-state index in [0.29, 0.717) is 51.1 Å². The molecule has 38 heavy (non-hydrogen) atoms. The van der Waals surface area contributed by atoms with Crippen LogP contribution in [-0.2, 0) is 0 Å². The average Bonchev–Trinajstić information content (AvgIpc) is 2.89. The van der Waals surface area contributed by atoms with Crippen LogP contribution in [0, 0.1) is 19.8 Å². The van der Waals surface area contributed by atoms with E-state index in [0.717, 1.165) is 11.1 Å². The molecule has 0 bridgehead atoms. The molecule has 1 aromatic heterocycles. The van der Waals surface area contributed by atoms with E-state index in [2.05, 4.69) is 5.32 Å². The van der Waals surface area contributed by atoms with Gasteiger partial charge < -0.3 is 10.1 Å². The number of methoxy groups -OCH3 is 1. The number of ether oxygens (including phenoxy) is 1. The summed E-state index contributed by atoms with van der Waals surface area (Å²) in [7, 11) is 1.57. The standard InChI is InChI=1S/C30H31N3O4S/c1-18(2)16-31-28(35)22-8-11-25-26(15-22)32-30(33(29(25)36)23-13-19(3)12-20(4)14-23)38-17-27(34)21-6-9-24(37-5)10-7-21/h6-15,18H,16-17H2,1-5H3,(H,31,35). The number of carbonyl (C=O) groups is 2. The van der Waals surface area contributed by atoms with Gasteiger partial charge in [0, 0.05) is 17.7 Å². The lowest BCUT2D eigenvalue weighted by Crippen LogP contribution is -2.27. The summed E-state index contributed by atoms with van der Waals surface area (Å²) in [5, 5.41) is 3.68. The number of aromatic nitrogens is 2. The van der Waals surface area contributed by atoms with Crippen molar-refractivity contribution >= 4 is 34.4 Å². The Morgan fingerprint density at radius 3 is 2.26 bits per heavy atom. The van der Waals surface area contributed by atoms with Gasteiger partial charge in [-0.15, -0.1) is 0 Å². The molecule has 0 aliphatic rings. The summed E-state index contributed by atoms with van der Waals surface area (Å²) < 4.78 is 6.72. The zero-order chi connectivity index (χ0) is 27.4. The Labute approximate surface area is 226 Å². The lowest BCUT2D eigenvalue weighted by Gasteiger charge is -2.15. The lowest BCUT2D eigenvalue weighted by molar-refractivity contribution is 0.0948. The van der Waals surface area contributed by atoms with Crippen LogP contribution >= 0.6 is 11.8 Å². The summed E-state index contributed by atoms with van der Waals surface area (Å²) in [6.45, 7) is 8.53. The van der Waals surface area contributed by atoms with Crippen molar-refractivity contribution in [1.29, 1.82) is 0 Å². The predicted molar refractivity (Wildman–Crippen MR) is 152 cm³/mol. The summed E-state index contributed by atoms with van der Waals surface area (Å²) in [4.78, 5) is 44.2. The third-order valence-electron chi connectivity index (χ3n) is 5.98. The molecule has 8 heteroatoms. The van der Waals surface area contributed by atoms with Gasteiger partial charge in [0.2, 0.25) is 0 Å². The van der Waals surface area contributed by atoms with E-state index >= 15 is 0 Å². The zero-order valence-corrected chi connectivity index (χ0v) is 23.0. The van der Waals surface area contributed by atoms with Gasteiger partial charge in [-0.1, -0.05) is 31.7 Å². The largest absolute Gasteiger partial charge is 0.497 e. The van der Waals surface area contributed by atoms with Gasteiger partial charge in [0.05, 0.1) is 29.5 Å². The fourth-order valence-electron chi connectivity index (χ4n) is 4.10. The molecule has 0 spiro atoms. The molecule has 0 aliphatic heterocycles. The number of fused-ring (bicyclic) bond motifs is 1. The van der Waals surface area contributed by atoms with Crippen LogP contribution in [0.15, 0.2) is 70.6 Å². The molecular weight excluding hydrogens is 498 g/mol. The van der Waals surface area contributed by atoms with Crippen molar-refractivity contribution in [3.05, 3.63) is 93.3 Å². The van der Waals surface area contributed by atoms with E-state index in [-0.39, 0.29) is 23.0 Å². The van der Waals surface area contributed by atoms with Crippen LogP contribution in [0.3, 0.4) is 0 Å². The topological polar surface area (TPSA) is 90.3 Å². The minimum Gasteiger partial charge on any atom is -0.497 e. The van der Waals surface area contributed by atoms with Gasteiger partial charge in [-0.2, -0.15) is 0 Å². The van der Waals surface area contributed by atoms with Gasteiger partial charge >= 0.3 is 0 Å². The highest BCUT2D eigenvalue weighted by molar-refractivity contribution is 7.99. The van der Waals surface area contributed by atoms with Crippen molar-refractivity contribution in [1.82, 2.24) is 14.9 Å². The maximum absolute atomic E-state index is 13.8. The van der Waals surface area contributed by atoms with E-state index in [1.54, 1.807) is 54.1 Å². The molecule has 0 radical (unpaired) electrons. The molecule has 0 saturated heterocycles. The molecule has 4 rings (SSSR count). The van der Waals surface area contributed by atoms with Crippen LogP contribution in [-0.4, -0.2) is 40.6 Å². The Kier molecular flexibility index (Phi) is 8.32. The number of ketones is 1. The lowest BCUT2D eigenvalue weighted by atomic mass is 10.1. The molecule has 3 aromatic carbocycles. The second-order valence-electron chi connectivity index (χ2n) is 9.66. The maximum atomic E-state index is 13.8. The molecule has 196 valence electrons. The first-order valence-corrected chi connectivity index (χ1v) is 13.4. The SMILES string of the molecule is COc1ccc(C(=O)CSc2nc3cc(C(=O)NCC(C)C)ccc3c(=O)n2-c2cc(C)cc(C)c2)cc1. The molecule has 0 saturated carbocycles. The highest BCUT2D eigenvalue weighted by Crippen LogP contribution is 2.24. The summed E-state index contributed by atoms with van der Waals surface area (Å²) in [6.07, 6.45) is 0. The first kappa shape index (κ1) is 27.1. The van der Waals surface area contributed by atoms with E-state index in [1.807, 2.05) is 45.9 Å². The summed E-state index contributed by atoms with van der Waals surface area (Å²) >= 11 is 1.19. The Morgan fingerprint density at radius 1 is 0.974 bits per heavy atom. The molecule has 1 N–H and O–H groups in total. The van der Waals surface area contributed by atoms with Crippen LogP contribution in [0.1, 0.15) is 45.7 Å². The third kappa shape index (κ3) is 6.14. The number of aryl methyl sites for hydroxylation is 2. The molecule has 0 atom stereocenters. The van der Waals surface area contributed by atoms with Crippen molar-refractivity contribution < 1.29 is 14.3 Å². The Bertz CT molecular complexity index is 1540. The van der Waals surface area contributed by atoms with Crippen molar-refractivity contribution in [3.8, 4) is 11.4 Å². The van der Waals surface area contributed by atoms with Crippen LogP contribution in [0.25, 0.3) is 16.6 Å². The number of benzene rings is 3. The van der Waals surface area contributed by atoms with Crippen molar-refractivity contribution in [2.24, 2.45) is 5.92 Å². The van der Waals surface area contributed by atoms with Crippen molar-refractivity contribution in [2.75, 3.05) is 19.4 Å². The molecule has 7 nitrogen and oxygen atoms in total. The van der Waals surface area contributed by atoms with Gasteiger partial charge in [-0.05, 0) is 85.5 Å². The van der Waals surface area contributed by atoms with Crippen LogP contribution in [0.2, 0.25) is 0 Å². The first-order chi connectivity index (χ1) is 18.2. The Hall–Kier alpha value is -3.91. The third-order valence-corrected chi connectivity index (χ3v) is 6.92. The van der Waals surface area contributed by atoms with Crippen LogP contribution < -0.4 is 15.6 Å². The Balaban J connectivity index is 1.76. The number of thioether (sulfide) groups is 1. The van der Waals surface area contributed by atoms with E-state index in [9.17, 15) is 14.4 Å². The van der Waals surface area contributed by atoms with E-state index < -0.39 is 0 Å². The number of nitrogens with one attached hydrogen (secondary N) is 1. The molecule has 4 aromatic rings. The number of amides is 1. The van der Waals surface area contributed by atoms with Gasteiger partial charge in [-0.3, -0.25) is 19.0 Å². The van der Waals surface area contributed by atoms with E-state index in [4.69, 9.17) is 9.72 Å². The summed E-state index contributed by atoms with van der Waals surface area (Å²) in [5.74, 6) is 0.755. The monoisotopic (exact) mass is 529 g/mol. The number of rotatable bonds is 9. The second kappa shape index (κ2) is 11.6. The molecule has 1 heterocycles. The number of nitrogens with zero attached hydrogens (tertiary/aromatic N) is 2. The smallest absolute Gasteiger partial charge is 0.266 e. The molecular formula is C30H31N3O4S. The van der Waals surface area contributed by atoms with Gasteiger partial charge in [0.1, 0.15) is 5.75 Å². The quantitative estimate of drug-likeness (QED) is 0.178. The first-order valence-electron chi connectivity index (χ1n) is 12.4. The minimum absolute atomic E-state index is 0.0869. The summed E-state index contributed by atoms with van der Waals surface area (Å²) in [5.41, 5.74) is 3.83. The highest BCUT2D eigenvalue weighted by Gasteiger charge is 2.18. The highest BCUT2D eigenvalue weighted by atomic mass is 32.2. The number of Topliss-reactive ketones (excluding diaryl/α,β-unsaturated/α-hetero) is 1. The normalized spacial score (nSPS) is 11.1. The van der Waals surface area contributed by atoms with Crippen LogP contribution in [0.4, 0.5) is 0 Å². The average molecular weight is 530 g/mol.